The first-order valence-electron chi connectivity index (χ1n) is 6.13. The molecule has 15 heavy (non-hydrogen) atoms. The highest BCUT2D eigenvalue weighted by Crippen LogP contribution is 2.38. The quantitative estimate of drug-likeness (QED) is 0.696. The van der Waals surface area contributed by atoms with Crippen LogP contribution >= 0.6 is 11.3 Å². The molecule has 0 spiro atoms. The third-order valence-electron chi connectivity index (χ3n) is 3.14. The van der Waals surface area contributed by atoms with E-state index in [4.69, 9.17) is 0 Å². The summed E-state index contributed by atoms with van der Waals surface area (Å²) in [4.78, 5) is 3.36. The molecule has 0 aliphatic heterocycles. The molecule has 0 N–H and O–H groups in total. The van der Waals surface area contributed by atoms with Gasteiger partial charge in [-0.05, 0) is 48.6 Å². The number of hydrogen-bond donors (Lipinski definition) is 0. The maximum atomic E-state index is 2.35. The molecule has 84 valence electrons. The van der Waals surface area contributed by atoms with Crippen LogP contribution in [0.1, 0.15) is 55.0 Å². The van der Waals surface area contributed by atoms with E-state index in [1.54, 1.807) is 20.9 Å². The Bertz CT molecular complexity index is 352. The van der Waals surface area contributed by atoms with Crippen LogP contribution in [0.4, 0.5) is 0 Å². The number of thiophene rings is 1. The smallest absolute Gasteiger partial charge is 0.00831 e. The molecule has 0 atom stereocenters. The second kappa shape index (κ2) is 3.93. The van der Waals surface area contributed by atoms with E-state index in [1.165, 1.54) is 32.1 Å². The summed E-state index contributed by atoms with van der Waals surface area (Å²) in [5.74, 6) is 0. The molecule has 0 saturated carbocycles. The van der Waals surface area contributed by atoms with Crippen LogP contribution in [0.5, 0.6) is 0 Å². The van der Waals surface area contributed by atoms with Crippen LogP contribution in [0, 0.1) is 5.41 Å². The lowest BCUT2D eigenvalue weighted by Crippen LogP contribution is -2.11. The molecule has 1 heteroatoms. The van der Waals surface area contributed by atoms with Crippen molar-refractivity contribution in [2.24, 2.45) is 5.41 Å². The summed E-state index contributed by atoms with van der Waals surface area (Å²) in [6.45, 7) is 9.36. The predicted molar refractivity (Wildman–Crippen MR) is 68.9 cm³/mol. The van der Waals surface area contributed by atoms with Gasteiger partial charge < -0.3 is 0 Å². The molecule has 0 amide bonds. The van der Waals surface area contributed by atoms with Gasteiger partial charge in [-0.2, -0.15) is 0 Å². The minimum atomic E-state index is 0.432. The van der Waals surface area contributed by atoms with E-state index >= 15 is 0 Å². The van der Waals surface area contributed by atoms with Gasteiger partial charge in [-0.15, -0.1) is 11.3 Å². The summed E-state index contributed by atoms with van der Waals surface area (Å²) in [6, 6.07) is 0. The highest BCUT2D eigenvalue weighted by molar-refractivity contribution is 7.12. The fourth-order valence-electron chi connectivity index (χ4n) is 2.55. The fourth-order valence-corrected chi connectivity index (χ4v) is 3.90. The molecule has 0 nitrogen and oxygen atoms in total. The highest BCUT2D eigenvalue weighted by Gasteiger charge is 2.24. The van der Waals surface area contributed by atoms with E-state index in [0.29, 0.717) is 5.41 Å². The van der Waals surface area contributed by atoms with Crippen molar-refractivity contribution in [3.8, 4) is 0 Å². The first-order chi connectivity index (χ1) is 7.01. The van der Waals surface area contributed by atoms with Gasteiger partial charge >= 0.3 is 0 Å². The zero-order valence-electron chi connectivity index (χ0n) is 10.4. The third kappa shape index (κ3) is 2.28. The predicted octanol–water partition coefficient (Wildman–Crippen LogP) is 4.39. The highest BCUT2D eigenvalue weighted by atomic mass is 32.1. The van der Waals surface area contributed by atoms with E-state index in [-0.39, 0.29) is 0 Å². The maximum absolute atomic E-state index is 2.35. The Morgan fingerprint density at radius 1 is 1.20 bits per heavy atom. The Balaban J connectivity index is 2.35. The fraction of sp³-hybridized carbons (Fsp3) is 0.714. The average Bonchev–Trinajstić information content (AvgIpc) is 2.65. The van der Waals surface area contributed by atoms with E-state index in [9.17, 15) is 0 Å². The number of aryl methyl sites for hydroxylation is 2. The van der Waals surface area contributed by atoms with Crippen molar-refractivity contribution in [3.63, 3.8) is 0 Å². The lowest BCUT2D eigenvalue weighted by atomic mass is 9.86. The van der Waals surface area contributed by atoms with Gasteiger partial charge in [0.25, 0.3) is 0 Å². The Morgan fingerprint density at radius 3 is 2.53 bits per heavy atom. The second-order valence-electron chi connectivity index (χ2n) is 5.85. The monoisotopic (exact) mass is 222 g/mol. The van der Waals surface area contributed by atoms with E-state index in [2.05, 4.69) is 39.0 Å². The first kappa shape index (κ1) is 11.2. The molecule has 0 saturated heterocycles. The van der Waals surface area contributed by atoms with Gasteiger partial charge in [-0.1, -0.05) is 27.7 Å². The zero-order valence-corrected chi connectivity index (χ0v) is 11.3. The summed E-state index contributed by atoms with van der Waals surface area (Å²) >= 11 is 2.09. The molecule has 1 aliphatic rings. The van der Waals surface area contributed by atoms with Crippen LogP contribution < -0.4 is 0 Å². The second-order valence-corrected chi connectivity index (χ2v) is 7.04. The standard InChI is InChI=1S/C14H22S/c1-5-12-11(9-14(2,3)4)10-7-6-8-13(10)15-12/h5-9H2,1-4H3. The van der Waals surface area contributed by atoms with E-state index in [1.807, 2.05) is 0 Å². The van der Waals surface area contributed by atoms with Crippen LogP contribution in [0.2, 0.25) is 0 Å². The Labute approximate surface area is 97.7 Å². The summed E-state index contributed by atoms with van der Waals surface area (Å²) in [5, 5.41) is 0. The Morgan fingerprint density at radius 2 is 1.93 bits per heavy atom. The van der Waals surface area contributed by atoms with E-state index < -0.39 is 0 Å². The molecule has 0 unspecified atom stereocenters. The molecular weight excluding hydrogens is 200 g/mol. The van der Waals surface area contributed by atoms with Gasteiger partial charge in [0, 0.05) is 9.75 Å². The van der Waals surface area contributed by atoms with Crippen LogP contribution in [0.15, 0.2) is 0 Å². The molecule has 1 aromatic rings. The van der Waals surface area contributed by atoms with Crippen LogP contribution in [-0.2, 0) is 25.7 Å². The number of hydrogen-bond acceptors (Lipinski definition) is 1. The summed E-state index contributed by atoms with van der Waals surface area (Å²) in [7, 11) is 0. The normalized spacial score (nSPS) is 15.7. The van der Waals surface area contributed by atoms with Gasteiger partial charge in [0.1, 0.15) is 0 Å². The average molecular weight is 222 g/mol. The lowest BCUT2D eigenvalue weighted by molar-refractivity contribution is 0.409. The summed E-state index contributed by atoms with van der Waals surface area (Å²) in [6.07, 6.45) is 6.57. The van der Waals surface area contributed by atoms with Crippen molar-refractivity contribution in [2.45, 2.75) is 59.8 Å². The lowest BCUT2D eigenvalue weighted by Gasteiger charge is -2.19. The van der Waals surface area contributed by atoms with Gasteiger partial charge in [0.05, 0.1) is 0 Å². The van der Waals surface area contributed by atoms with Gasteiger partial charge in [-0.3, -0.25) is 0 Å². The Hall–Kier alpha value is -0.300. The van der Waals surface area contributed by atoms with Gasteiger partial charge in [-0.25, -0.2) is 0 Å². The van der Waals surface area contributed by atoms with Gasteiger partial charge in [0.2, 0.25) is 0 Å². The van der Waals surface area contributed by atoms with Crippen molar-refractivity contribution in [1.82, 2.24) is 0 Å². The molecular formula is C14H22S. The van der Waals surface area contributed by atoms with Crippen LogP contribution in [-0.4, -0.2) is 0 Å². The minimum absolute atomic E-state index is 0.432. The number of rotatable bonds is 2. The largest absolute Gasteiger partial charge is 0.145 e. The summed E-state index contributed by atoms with van der Waals surface area (Å²) < 4.78 is 0. The van der Waals surface area contributed by atoms with Crippen LogP contribution in [0.3, 0.4) is 0 Å². The molecule has 0 fully saturated rings. The summed E-state index contributed by atoms with van der Waals surface area (Å²) in [5.41, 5.74) is 3.87. The topological polar surface area (TPSA) is 0 Å². The van der Waals surface area contributed by atoms with Crippen molar-refractivity contribution in [1.29, 1.82) is 0 Å². The molecule has 2 rings (SSSR count). The third-order valence-corrected chi connectivity index (χ3v) is 4.62. The molecule has 0 aromatic carbocycles. The molecule has 1 heterocycles. The van der Waals surface area contributed by atoms with E-state index in [0.717, 1.165) is 0 Å². The molecule has 1 aliphatic carbocycles. The molecule has 1 aromatic heterocycles. The van der Waals surface area contributed by atoms with Crippen molar-refractivity contribution in [3.05, 3.63) is 20.9 Å². The van der Waals surface area contributed by atoms with Crippen molar-refractivity contribution in [2.75, 3.05) is 0 Å². The zero-order chi connectivity index (χ0) is 11.1. The molecule has 0 bridgehead atoms. The minimum Gasteiger partial charge on any atom is -0.145 e. The van der Waals surface area contributed by atoms with Crippen molar-refractivity contribution >= 4 is 11.3 Å². The maximum Gasteiger partial charge on any atom is 0.00831 e. The molecule has 0 radical (unpaired) electrons. The van der Waals surface area contributed by atoms with Crippen molar-refractivity contribution < 1.29 is 0 Å². The SMILES string of the molecule is CCc1sc2c(c1CC(C)(C)C)CCC2. The van der Waals surface area contributed by atoms with Crippen LogP contribution in [0.25, 0.3) is 0 Å². The number of fused-ring (bicyclic) bond motifs is 1. The van der Waals surface area contributed by atoms with Gasteiger partial charge in [0.15, 0.2) is 0 Å². The Kier molecular flexibility index (Phi) is 2.94. The first-order valence-corrected chi connectivity index (χ1v) is 6.95.